The van der Waals surface area contributed by atoms with Crippen molar-refractivity contribution in [3.63, 3.8) is 0 Å². The number of amides is 2. The van der Waals surface area contributed by atoms with Crippen LogP contribution < -0.4 is 0 Å². The van der Waals surface area contributed by atoms with Gasteiger partial charge in [0.2, 0.25) is 11.8 Å². The Bertz CT molecular complexity index is 298. The molecule has 0 saturated carbocycles. The lowest BCUT2D eigenvalue weighted by Gasteiger charge is -2.35. The van der Waals surface area contributed by atoms with Gasteiger partial charge in [0.1, 0.15) is 0 Å². The number of hydrogen-bond donors (Lipinski definition) is 1. The van der Waals surface area contributed by atoms with Gasteiger partial charge in [-0.15, -0.1) is 0 Å². The molecule has 0 aromatic carbocycles. The smallest absolute Gasteiger partial charge is 0.317 e. The first-order valence-corrected chi connectivity index (χ1v) is 5.24. The van der Waals surface area contributed by atoms with E-state index in [2.05, 4.69) is 0 Å². The molecule has 0 aliphatic carbocycles. The van der Waals surface area contributed by atoms with Crippen molar-refractivity contribution in [3.8, 4) is 0 Å². The monoisotopic (exact) mass is 228 g/mol. The molecule has 90 valence electrons. The molecular weight excluding hydrogens is 212 g/mol. The first kappa shape index (κ1) is 12.6. The molecule has 1 unspecified atom stereocenters. The van der Waals surface area contributed by atoms with E-state index in [-0.39, 0.29) is 37.5 Å². The quantitative estimate of drug-likeness (QED) is 0.659. The van der Waals surface area contributed by atoms with Crippen LogP contribution in [0.5, 0.6) is 0 Å². The van der Waals surface area contributed by atoms with Crippen LogP contribution >= 0.6 is 0 Å². The normalized spacial score (nSPS) is 20.0. The average Bonchev–Trinajstić information content (AvgIpc) is 2.15. The average molecular weight is 228 g/mol. The van der Waals surface area contributed by atoms with Gasteiger partial charge >= 0.3 is 5.97 Å². The van der Waals surface area contributed by atoms with E-state index in [1.54, 1.807) is 0 Å². The van der Waals surface area contributed by atoms with Crippen molar-refractivity contribution in [2.24, 2.45) is 0 Å². The van der Waals surface area contributed by atoms with Gasteiger partial charge in [-0.3, -0.25) is 24.2 Å². The minimum absolute atomic E-state index is 0.00236. The molecule has 1 saturated heterocycles. The molecule has 6 heteroatoms. The molecule has 1 aliphatic rings. The van der Waals surface area contributed by atoms with E-state index in [1.807, 2.05) is 13.8 Å². The van der Waals surface area contributed by atoms with Crippen LogP contribution in [0.3, 0.4) is 0 Å². The van der Waals surface area contributed by atoms with Crippen LogP contribution in [0.2, 0.25) is 0 Å². The van der Waals surface area contributed by atoms with Crippen LogP contribution in [-0.2, 0) is 14.4 Å². The van der Waals surface area contributed by atoms with Gasteiger partial charge in [0.25, 0.3) is 0 Å². The maximum Gasteiger partial charge on any atom is 0.317 e. The van der Waals surface area contributed by atoms with Crippen LogP contribution in [0.25, 0.3) is 0 Å². The summed E-state index contributed by atoms with van der Waals surface area (Å²) in [6.07, 6.45) is 0.705. The third-order valence-corrected chi connectivity index (χ3v) is 2.65. The predicted octanol–water partition coefficient (Wildman–Crippen LogP) is -0.460. The Balaban J connectivity index is 2.68. The zero-order valence-corrected chi connectivity index (χ0v) is 9.47. The molecule has 16 heavy (non-hydrogen) atoms. The highest BCUT2D eigenvalue weighted by Crippen LogP contribution is 2.11. The summed E-state index contributed by atoms with van der Waals surface area (Å²) in [4.78, 5) is 36.4. The number of hydrogen-bond acceptors (Lipinski definition) is 4. The molecule has 0 aromatic heterocycles. The van der Waals surface area contributed by atoms with Crippen LogP contribution in [0, 0.1) is 0 Å². The lowest BCUT2D eigenvalue weighted by molar-refractivity contribution is -0.155. The molecule has 1 aliphatic heterocycles. The van der Waals surface area contributed by atoms with Gasteiger partial charge in [0, 0.05) is 6.04 Å². The Morgan fingerprint density at radius 2 is 1.88 bits per heavy atom. The van der Waals surface area contributed by atoms with Gasteiger partial charge in [-0.05, 0) is 13.3 Å². The van der Waals surface area contributed by atoms with Crippen LogP contribution in [0.1, 0.15) is 20.3 Å². The number of nitrogens with zero attached hydrogens (tertiary/aromatic N) is 2. The number of carbonyl (C=O) groups excluding carboxylic acids is 2. The summed E-state index contributed by atoms with van der Waals surface area (Å²) < 4.78 is 0. The van der Waals surface area contributed by atoms with Gasteiger partial charge < -0.3 is 5.11 Å². The van der Waals surface area contributed by atoms with Crippen molar-refractivity contribution < 1.29 is 19.5 Å². The summed E-state index contributed by atoms with van der Waals surface area (Å²) in [5.74, 6) is -1.66. The Labute approximate surface area is 93.8 Å². The SMILES string of the molecule is CCC(C)N1C(=O)CN(CC(=O)O)CC1=O. The molecule has 1 N–H and O–H groups in total. The Hall–Kier alpha value is -1.43. The van der Waals surface area contributed by atoms with E-state index < -0.39 is 5.97 Å². The fraction of sp³-hybridized carbons (Fsp3) is 0.700. The predicted molar refractivity (Wildman–Crippen MR) is 55.7 cm³/mol. The van der Waals surface area contributed by atoms with E-state index in [4.69, 9.17) is 5.11 Å². The molecule has 1 rings (SSSR count). The first-order valence-electron chi connectivity index (χ1n) is 5.24. The minimum Gasteiger partial charge on any atom is -0.480 e. The van der Waals surface area contributed by atoms with Crippen molar-refractivity contribution in [1.29, 1.82) is 0 Å². The Morgan fingerprint density at radius 1 is 1.38 bits per heavy atom. The molecule has 0 radical (unpaired) electrons. The van der Waals surface area contributed by atoms with Gasteiger partial charge in [-0.25, -0.2) is 0 Å². The zero-order chi connectivity index (χ0) is 12.3. The molecule has 2 amide bonds. The fourth-order valence-corrected chi connectivity index (χ4v) is 1.71. The van der Waals surface area contributed by atoms with Crippen molar-refractivity contribution >= 4 is 17.8 Å². The van der Waals surface area contributed by atoms with E-state index >= 15 is 0 Å². The summed E-state index contributed by atoms with van der Waals surface area (Å²) in [5, 5.41) is 8.58. The number of carbonyl (C=O) groups is 3. The van der Waals surface area contributed by atoms with E-state index in [0.717, 1.165) is 0 Å². The maximum atomic E-state index is 11.7. The van der Waals surface area contributed by atoms with E-state index in [1.165, 1.54) is 9.80 Å². The number of imide groups is 1. The van der Waals surface area contributed by atoms with E-state index in [9.17, 15) is 14.4 Å². The van der Waals surface area contributed by atoms with Crippen molar-refractivity contribution in [1.82, 2.24) is 9.80 Å². The molecule has 0 aromatic rings. The standard InChI is InChI=1S/C10H16N2O4/c1-3-7(2)12-8(13)4-11(5-9(12)14)6-10(15)16/h7H,3-6H2,1-2H3,(H,15,16). The molecule has 0 bridgehead atoms. The molecule has 1 fully saturated rings. The molecule has 1 atom stereocenters. The number of piperazine rings is 1. The Kier molecular flexibility index (Phi) is 4.00. The largest absolute Gasteiger partial charge is 0.480 e. The Morgan fingerprint density at radius 3 is 2.25 bits per heavy atom. The fourth-order valence-electron chi connectivity index (χ4n) is 1.71. The topological polar surface area (TPSA) is 77.9 Å². The lowest BCUT2D eigenvalue weighted by atomic mass is 10.1. The molecule has 6 nitrogen and oxygen atoms in total. The highest BCUT2D eigenvalue weighted by Gasteiger charge is 2.33. The van der Waals surface area contributed by atoms with Crippen LogP contribution in [0.4, 0.5) is 0 Å². The van der Waals surface area contributed by atoms with Gasteiger partial charge in [0.15, 0.2) is 0 Å². The summed E-state index contributed by atoms with van der Waals surface area (Å²) >= 11 is 0. The van der Waals surface area contributed by atoms with Crippen molar-refractivity contribution in [2.75, 3.05) is 19.6 Å². The summed E-state index contributed by atoms with van der Waals surface area (Å²) in [7, 11) is 0. The number of rotatable bonds is 4. The summed E-state index contributed by atoms with van der Waals surface area (Å²) in [5.41, 5.74) is 0. The second kappa shape index (κ2) is 5.07. The summed E-state index contributed by atoms with van der Waals surface area (Å²) in [6, 6.07) is -0.119. The summed E-state index contributed by atoms with van der Waals surface area (Å²) in [6.45, 7) is 3.44. The third-order valence-electron chi connectivity index (χ3n) is 2.65. The van der Waals surface area contributed by atoms with Crippen LogP contribution in [-0.4, -0.2) is 58.4 Å². The minimum atomic E-state index is -1.03. The van der Waals surface area contributed by atoms with E-state index in [0.29, 0.717) is 6.42 Å². The van der Waals surface area contributed by atoms with Crippen LogP contribution in [0.15, 0.2) is 0 Å². The number of carboxylic acid groups (broad SMARTS) is 1. The van der Waals surface area contributed by atoms with Gasteiger partial charge in [-0.2, -0.15) is 0 Å². The second-order valence-corrected chi connectivity index (χ2v) is 3.95. The number of carboxylic acids is 1. The highest BCUT2D eigenvalue weighted by molar-refractivity contribution is 6.00. The number of aliphatic carboxylic acids is 1. The maximum absolute atomic E-state index is 11.7. The van der Waals surface area contributed by atoms with Crippen molar-refractivity contribution in [2.45, 2.75) is 26.3 Å². The van der Waals surface area contributed by atoms with Gasteiger partial charge in [-0.1, -0.05) is 6.92 Å². The van der Waals surface area contributed by atoms with Crippen molar-refractivity contribution in [3.05, 3.63) is 0 Å². The highest BCUT2D eigenvalue weighted by atomic mass is 16.4. The molecule has 1 heterocycles. The van der Waals surface area contributed by atoms with Gasteiger partial charge in [0.05, 0.1) is 19.6 Å². The molecule has 0 spiro atoms. The first-order chi connectivity index (χ1) is 7.45. The second-order valence-electron chi connectivity index (χ2n) is 3.95. The molecular formula is C10H16N2O4. The third kappa shape index (κ3) is 2.79. The lowest BCUT2D eigenvalue weighted by Crippen LogP contribution is -2.57. The zero-order valence-electron chi connectivity index (χ0n) is 9.47.